The Labute approximate surface area is 140 Å². The summed E-state index contributed by atoms with van der Waals surface area (Å²) in [5, 5.41) is 2.99. The molecule has 0 radical (unpaired) electrons. The lowest BCUT2D eigenvalue weighted by atomic mass is 10.1. The summed E-state index contributed by atoms with van der Waals surface area (Å²) < 4.78 is 10.3. The zero-order valence-electron chi connectivity index (χ0n) is 13.8. The fourth-order valence-electron chi connectivity index (χ4n) is 2.11. The number of nitrogens with one attached hydrogen (secondary N) is 1. The minimum absolute atomic E-state index is 0.0128. The smallest absolute Gasteiger partial charge is 0.191 e. The molecule has 1 N–H and O–H groups in total. The lowest BCUT2D eigenvalue weighted by Gasteiger charge is -2.08. The fourth-order valence-corrected chi connectivity index (χ4v) is 2.11. The first-order valence-corrected chi connectivity index (χ1v) is 7.35. The molecule has 24 heavy (non-hydrogen) atoms. The Morgan fingerprint density at radius 2 is 1.71 bits per heavy atom. The summed E-state index contributed by atoms with van der Waals surface area (Å²) in [5.41, 5.74) is 1.87. The first-order chi connectivity index (χ1) is 11.5. The molecule has 0 heterocycles. The SMILES string of the molecule is COc1ccc(C(=O)C=CNc2ccc(C(C)=O)cc2)c(OC)c1. The Morgan fingerprint density at radius 3 is 2.29 bits per heavy atom. The van der Waals surface area contributed by atoms with E-state index in [0.29, 0.717) is 22.6 Å². The molecule has 0 saturated heterocycles. The second-order valence-corrected chi connectivity index (χ2v) is 5.04. The van der Waals surface area contributed by atoms with E-state index >= 15 is 0 Å². The summed E-state index contributed by atoms with van der Waals surface area (Å²) in [4.78, 5) is 23.5. The van der Waals surface area contributed by atoms with Crippen LogP contribution in [0.15, 0.2) is 54.7 Å². The molecule has 0 bridgehead atoms. The third kappa shape index (κ3) is 4.23. The van der Waals surface area contributed by atoms with Gasteiger partial charge in [0, 0.05) is 29.6 Å². The van der Waals surface area contributed by atoms with Crippen molar-refractivity contribution in [3.8, 4) is 11.5 Å². The third-order valence-corrected chi connectivity index (χ3v) is 3.45. The van der Waals surface area contributed by atoms with E-state index in [2.05, 4.69) is 5.32 Å². The van der Waals surface area contributed by atoms with E-state index in [1.807, 2.05) is 0 Å². The van der Waals surface area contributed by atoms with Crippen LogP contribution in [0, 0.1) is 0 Å². The third-order valence-electron chi connectivity index (χ3n) is 3.45. The van der Waals surface area contributed by atoms with E-state index in [-0.39, 0.29) is 11.6 Å². The molecule has 0 aromatic heterocycles. The molecule has 0 atom stereocenters. The summed E-state index contributed by atoms with van der Waals surface area (Å²) in [7, 11) is 3.06. The van der Waals surface area contributed by atoms with Gasteiger partial charge in [-0.25, -0.2) is 0 Å². The second kappa shape index (κ2) is 7.97. The number of ether oxygens (including phenoxy) is 2. The van der Waals surface area contributed by atoms with Crippen LogP contribution in [0.1, 0.15) is 27.6 Å². The largest absolute Gasteiger partial charge is 0.497 e. The van der Waals surface area contributed by atoms with E-state index in [4.69, 9.17) is 9.47 Å². The molecule has 0 spiro atoms. The van der Waals surface area contributed by atoms with E-state index in [1.54, 1.807) is 55.8 Å². The summed E-state index contributed by atoms with van der Waals surface area (Å²) in [6, 6.07) is 12.0. The average molecular weight is 325 g/mol. The van der Waals surface area contributed by atoms with Gasteiger partial charge >= 0.3 is 0 Å². The number of carbonyl (C=O) groups is 2. The highest BCUT2D eigenvalue weighted by molar-refractivity contribution is 6.06. The van der Waals surface area contributed by atoms with Gasteiger partial charge in [-0.1, -0.05) is 0 Å². The van der Waals surface area contributed by atoms with Crippen molar-refractivity contribution in [3.63, 3.8) is 0 Å². The zero-order valence-corrected chi connectivity index (χ0v) is 13.8. The maximum Gasteiger partial charge on any atom is 0.191 e. The lowest BCUT2D eigenvalue weighted by molar-refractivity contribution is 0.101. The first-order valence-electron chi connectivity index (χ1n) is 7.35. The molecule has 2 aromatic carbocycles. The van der Waals surface area contributed by atoms with Crippen LogP contribution >= 0.6 is 0 Å². The number of methoxy groups -OCH3 is 2. The maximum absolute atomic E-state index is 12.3. The highest BCUT2D eigenvalue weighted by Gasteiger charge is 2.10. The van der Waals surface area contributed by atoms with E-state index in [0.717, 1.165) is 5.69 Å². The summed E-state index contributed by atoms with van der Waals surface area (Å²) in [6.45, 7) is 1.52. The quantitative estimate of drug-likeness (QED) is 0.621. The molecule has 0 aliphatic rings. The Kier molecular flexibility index (Phi) is 5.73. The van der Waals surface area contributed by atoms with Crippen LogP contribution in [0.3, 0.4) is 0 Å². The van der Waals surface area contributed by atoms with Crippen LogP contribution < -0.4 is 14.8 Å². The normalized spacial score (nSPS) is 10.5. The molecule has 0 aliphatic heterocycles. The Morgan fingerprint density at radius 1 is 1.00 bits per heavy atom. The standard InChI is InChI=1S/C19H19NO4/c1-13(21)14-4-6-15(7-5-14)20-11-10-18(22)17-9-8-16(23-2)12-19(17)24-3/h4-12,20H,1-3H3. The number of anilines is 1. The molecule has 2 aromatic rings. The zero-order chi connectivity index (χ0) is 17.5. The minimum Gasteiger partial charge on any atom is -0.497 e. The first kappa shape index (κ1) is 17.3. The van der Waals surface area contributed by atoms with Crippen molar-refractivity contribution in [2.75, 3.05) is 19.5 Å². The van der Waals surface area contributed by atoms with E-state index < -0.39 is 0 Å². The Hall–Kier alpha value is -3.08. The van der Waals surface area contributed by atoms with Crippen LogP contribution in [0.25, 0.3) is 0 Å². The monoisotopic (exact) mass is 325 g/mol. The molecule has 0 unspecified atom stereocenters. The molecule has 5 heteroatoms. The number of carbonyl (C=O) groups excluding carboxylic acids is 2. The van der Waals surface area contributed by atoms with Gasteiger partial charge in [-0.15, -0.1) is 0 Å². The van der Waals surface area contributed by atoms with Crippen LogP contribution in [-0.4, -0.2) is 25.8 Å². The van der Waals surface area contributed by atoms with Gasteiger partial charge in [0.15, 0.2) is 11.6 Å². The number of hydrogen-bond donors (Lipinski definition) is 1. The molecule has 5 nitrogen and oxygen atoms in total. The fraction of sp³-hybridized carbons (Fsp3) is 0.158. The van der Waals surface area contributed by atoms with Crippen molar-refractivity contribution in [1.29, 1.82) is 0 Å². The van der Waals surface area contributed by atoms with Gasteiger partial charge < -0.3 is 14.8 Å². The van der Waals surface area contributed by atoms with Crippen molar-refractivity contribution in [1.82, 2.24) is 0 Å². The molecule has 0 amide bonds. The van der Waals surface area contributed by atoms with Crippen molar-refractivity contribution in [3.05, 3.63) is 65.9 Å². The number of Topliss-reactive ketones (excluding diaryl/α,β-unsaturated/α-hetero) is 1. The summed E-state index contributed by atoms with van der Waals surface area (Å²) in [6.07, 6.45) is 2.97. The molecule has 2 rings (SSSR count). The average Bonchev–Trinajstić information content (AvgIpc) is 2.61. The van der Waals surface area contributed by atoms with Gasteiger partial charge in [0.25, 0.3) is 0 Å². The van der Waals surface area contributed by atoms with Gasteiger partial charge in [0.1, 0.15) is 11.5 Å². The highest BCUT2D eigenvalue weighted by atomic mass is 16.5. The maximum atomic E-state index is 12.3. The molecule has 0 fully saturated rings. The van der Waals surface area contributed by atoms with Crippen LogP contribution in [0.4, 0.5) is 5.69 Å². The number of benzene rings is 2. The summed E-state index contributed by atoms with van der Waals surface area (Å²) in [5.74, 6) is 0.895. The molecule has 0 saturated carbocycles. The number of allylic oxidation sites excluding steroid dienone is 1. The number of ketones is 2. The molecule has 124 valence electrons. The van der Waals surface area contributed by atoms with Gasteiger partial charge in [-0.3, -0.25) is 9.59 Å². The van der Waals surface area contributed by atoms with Crippen LogP contribution in [0.2, 0.25) is 0 Å². The van der Waals surface area contributed by atoms with Crippen molar-refractivity contribution in [2.45, 2.75) is 6.92 Å². The van der Waals surface area contributed by atoms with Crippen molar-refractivity contribution in [2.24, 2.45) is 0 Å². The topological polar surface area (TPSA) is 64.6 Å². The number of rotatable bonds is 7. The Bertz CT molecular complexity index is 763. The van der Waals surface area contributed by atoms with Gasteiger partial charge in [-0.05, 0) is 43.3 Å². The highest BCUT2D eigenvalue weighted by Crippen LogP contribution is 2.25. The van der Waals surface area contributed by atoms with Crippen LogP contribution in [0.5, 0.6) is 11.5 Å². The van der Waals surface area contributed by atoms with E-state index in [9.17, 15) is 9.59 Å². The molecular formula is C19H19NO4. The predicted molar refractivity (Wildman–Crippen MR) is 93.1 cm³/mol. The second-order valence-electron chi connectivity index (χ2n) is 5.04. The summed E-state index contributed by atoms with van der Waals surface area (Å²) >= 11 is 0. The van der Waals surface area contributed by atoms with Gasteiger partial charge in [-0.2, -0.15) is 0 Å². The van der Waals surface area contributed by atoms with Gasteiger partial charge in [0.05, 0.1) is 19.8 Å². The predicted octanol–water partition coefficient (Wildman–Crippen LogP) is 3.71. The van der Waals surface area contributed by atoms with Crippen molar-refractivity contribution < 1.29 is 19.1 Å². The number of hydrogen-bond acceptors (Lipinski definition) is 5. The molecular weight excluding hydrogens is 306 g/mol. The Balaban J connectivity index is 2.06. The molecule has 0 aliphatic carbocycles. The van der Waals surface area contributed by atoms with E-state index in [1.165, 1.54) is 20.1 Å². The minimum atomic E-state index is -0.192. The van der Waals surface area contributed by atoms with Gasteiger partial charge in [0.2, 0.25) is 0 Å². The lowest BCUT2D eigenvalue weighted by Crippen LogP contribution is -2.00. The van der Waals surface area contributed by atoms with Crippen molar-refractivity contribution >= 4 is 17.3 Å². The van der Waals surface area contributed by atoms with Crippen LogP contribution in [-0.2, 0) is 0 Å².